The Morgan fingerprint density at radius 2 is 0.755 bits per heavy atom. The molecule has 5 heterocycles. The van der Waals surface area contributed by atoms with Crippen molar-refractivity contribution < 1.29 is 28.3 Å². The molecule has 7 aromatic rings. The van der Waals surface area contributed by atoms with Crippen LogP contribution in [0.4, 0.5) is 0 Å². The van der Waals surface area contributed by atoms with Gasteiger partial charge in [0, 0.05) is 0 Å². The monoisotopic (exact) mass is 756 g/mol. The molecule has 2 N–H and O–H groups in total. The Labute approximate surface area is 293 Å². The third-order valence-corrected chi connectivity index (χ3v) is 13.0. The summed E-state index contributed by atoms with van der Waals surface area (Å²) in [5.41, 5.74) is 2.21. The maximum atomic E-state index is 12.7. The fourth-order valence-corrected chi connectivity index (χ4v) is 9.20. The second-order valence-corrected chi connectivity index (χ2v) is 15.6. The van der Waals surface area contributed by atoms with E-state index in [9.17, 15) is 40.5 Å². The quantitative estimate of drug-likeness (QED) is 0.174. The Hall–Kier alpha value is -7.65. The second kappa shape index (κ2) is 10.7. The minimum absolute atomic E-state index is 0.0551. The average molecular weight is 756 g/mol. The van der Waals surface area contributed by atoms with Crippen molar-refractivity contribution in [3.63, 3.8) is 0 Å². The summed E-state index contributed by atoms with van der Waals surface area (Å²) in [5.74, 6) is 0.450. The van der Waals surface area contributed by atoms with E-state index in [0.29, 0.717) is 45.0 Å². The summed E-state index contributed by atoms with van der Waals surface area (Å²) in [5, 5.41) is 51.4. The van der Waals surface area contributed by atoms with Gasteiger partial charge in [-0.3, -0.25) is 0 Å². The summed E-state index contributed by atoms with van der Waals surface area (Å²) < 4.78 is -9.42. The minimum atomic E-state index is -7.88. The Morgan fingerprint density at radius 3 is 1.17 bits per heavy atom. The number of fused-ring (bicyclic) bond motifs is 20. The Bertz CT molecular complexity index is 2960. The van der Waals surface area contributed by atoms with Crippen LogP contribution in [0.3, 0.4) is 0 Å². The van der Waals surface area contributed by atoms with E-state index in [0.717, 1.165) is 11.5 Å². The van der Waals surface area contributed by atoms with Gasteiger partial charge in [-0.05, 0) is 0 Å². The van der Waals surface area contributed by atoms with Crippen LogP contribution in [0, 0.1) is 40.5 Å². The standard InChI is InChI=1S/C32H17N8.Co.4NO2/c1-2-10-18-17(9-1)25-33-26(18)38-28-21-13-5-6-14-22(21)30(35-28)40-32-24-16-8-7-15-23(24)31(36-32)39-29-20-12-4-3-11-19(20)27(34-29)37-25;;4*2-1-3/h1-15H,(H2,33,34,35,36,37,38,39,40);;;;;. The van der Waals surface area contributed by atoms with Crippen LogP contribution in [0.2, 0.25) is 0 Å². The van der Waals surface area contributed by atoms with Gasteiger partial charge in [-0.1, -0.05) is 6.07 Å². The molecular formula is C32H17CoN12O8. The van der Waals surface area contributed by atoms with Gasteiger partial charge in [0.25, 0.3) is 0 Å². The van der Waals surface area contributed by atoms with Gasteiger partial charge in [0.05, 0.1) is 0 Å². The zero-order valence-electron chi connectivity index (χ0n) is 26.2. The van der Waals surface area contributed by atoms with Crippen LogP contribution >= 0.6 is 0 Å². The molecule has 0 amide bonds. The van der Waals surface area contributed by atoms with Crippen molar-refractivity contribution in [3.8, 4) is 45.6 Å². The van der Waals surface area contributed by atoms with Crippen molar-refractivity contribution in [1.82, 2.24) is 39.9 Å². The third kappa shape index (κ3) is 3.87. The van der Waals surface area contributed by atoms with Gasteiger partial charge in [-0.15, -0.1) is 0 Å². The van der Waals surface area contributed by atoms with Crippen LogP contribution < -0.4 is 4.50 Å². The van der Waals surface area contributed by atoms with E-state index in [1.807, 2.05) is 24.3 Å². The molecule has 0 fully saturated rings. The van der Waals surface area contributed by atoms with Gasteiger partial charge in [0.2, 0.25) is 0 Å². The van der Waals surface area contributed by atoms with Gasteiger partial charge in [-0.2, -0.15) is 0 Å². The molecular weight excluding hydrogens is 739 g/mol. The molecule has 262 valence electrons. The van der Waals surface area contributed by atoms with E-state index < -0.39 is 43.9 Å². The van der Waals surface area contributed by atoms with Crippen molar-refractivity contribution in [3.05, 3.63) is 131 Å². The van der Waals surface area contributed by atoms with Gasteiger partial charge in [0.1, 0.15) is 0 Å². The molecule has 2 aliphatic rings. The number of nitrogens with one attached hydrogen (secondary N) is 2. The number of rotatable bonds is 5. The Balaban J connectivity index is 1.55. The molecule has 0 radical (unpaired) electrons. The molecule has 9 rings (SSSR count). The summed E-state index contributed by atoms with van der Waals surface area (Å²) in [6.45, 7) is 0. The zero-order valence-corrected chi connectivity index (χ0v) is 27.3. The van der Waals surface area contributed by atoms with Crippen molar-refractivity contribution in [2.75, 3.05) is 0 Å². The molecule has 0 aliphatic carbocycles. The summed E-state index contributed by atoms with van der Waals surface area (Å²) >= 11 is -7.88. The Kier molecular flexibility index (Phi) is 6.31. The van der Waals surface area contributed by atoms with Crippen LogP contribution in [0.25, 0.3) is 89.7 Å². The van der Waals surface area contributed by atoms with Crippen LogP contribution in [0.15, 0.2) is 91.0 Å². The molecule has 0 saturated heterocycles. The van der Waals surface area contributed by atoms with Crippen LogP contribution in [0.5, 0.6) is 0 Å². The molecule has 53 heavy (non-hydrogen) atoms. The number of nitrogens with zero attached hydrogens (tertiary/aromatic N) is 10. The second-order valence-electron chi connectivity index (χ2n) is 11.4. The number of nitro groups is 4. The maximum absolute atomic E-state index is 12.7. The number of hydrogen-bond donors (Lipinski definition) is 2. The first-order valence-corrected chi connectivity index (χ1v) is 17.5. The SMILES string of the molecule is O=[N+]([O-])[Co]([c]1cccc2c3nc4nc(nc5[nH]c(nc6nc(nc([nH]3)c12)-c1ccccc1-6)c1ccccc51)-c1ccccc1-4)([N+](=O)[O-])([N+](=O)[O-])[N+](=O)[O-]. The predicted octanol–water partition coefficient (Wildman–Crippen LogP) is 4.95. The molecule has 0 spiro atoms. The molecule has 20 nitrogen and oxygen atoms in total. The molecule has 0 atom stereocenters. The molecule has 8 bridgehead atoms. The predicted molar refractivity (Wildman–Crippen MR) is 184 cm³/mol. The summed E-state index contributed by atoms with van der Waals surface area (Å²) in [6, 6.07) is 24.1. The van der Waals surface area contributed by atoms with Crippen LogP contribution in [0.1, 0.15) is 0 Å². The zero-order chi connectivity index (χ0) is 36.8. The third-order valence-electron chi connectivity index (χ3n) is 8.73. The molecule has 3 aromatic heterocycles. The van der Waals surface area contributed by atoms with E-state index in [-0.39, 0.29) is 34.3 Å². The molecule has 2 aliphatic heterocycles. The topological polar surface area (TPSA) is 281 Å². The number of hydrogen-bond acceptors (Lipinski definition) is 14. The van der Waals surface area contributed by atoms with Gasteiger partial charge in [-0.25, -0.2) is 0 Å². The number of aromatic amines is 2. The van der Waals surface area contributed by atoms with Gasteiger partial charge in [0.15, 0.2) is 0 Å². The van der Waals surface area contributed by atoms with Gasteiger partial charge >= 0.3 is 288 Å². The normalized spacial score (nSPS) is 12.8. The van der Waals surface area contributed by atoms with E-state index in [1.165, 1.54) is 6.07 Å². The summed E-state index contributed by atoms with van der Waals surface area (Å²) in [7, 11) is 0. The first kappa shape index (κ1) is 31.3. The van der Waals surface area contributed by atoms with Crippen molar-refractivity contribution in [2.45, 2.75) is 0 Å². The molecule has 4 aromatic carbocycles. The van der Waals surface area contributed by atoms with E-state index in [1.54, 1.807) is 48.5 Å². The van der Waals surface area contributed by atoms with Crippen molar-refractivity contribution >= 4 is 48.6 Å². The van der Waals surface area contributed by atoms with E-state index >= 15 is 0 Å². The van der Waals surface area contributed by atoms with Crippen molar-refractivity contribution in [1.29, 1.82) is 0 Å². The average Bonchev–Trinajstić information content (AvgIpc) is 3.87. The first-order valence-electron chi connectivity index (χ1n) is 15.1. The molecule has 21 heteroatoms. The van der Waals surface area contributed by atoms with Crippen molar-refractivity contribution in [2.24, 2.45) is 0 Å². The molecule has 0 unspecified atom stereocenters. The number of benzene rings is 4. The first-order chi connectivity index (χ1) is 25.5. The fraction of sp³-hybridized carbons (Fsp3) is 0. The van der Waals surface area contributed by atoms with Crippen LogP contribution in [-0.2, 0) is 12.4 Å². The summed E-state index contributed by atoms with van der Waals surface area (Å²) in [4.78, 5) is 85.1. The molecule has 0 saturated carbocycles. The fourth-order valence-electron chi connectivity index (χ4n) is 6.41. The Morgan fingerprint density at radius 1 is 0.415 bits per heavy atom. The van der Waals surface area contributed by atoms with Gasteiger partial charge < -0.3 is 0 Å². The van der Waals surface area contributed by atoms with Crippen LogP contribution in [-0.4, -0.2) is 55.8 Å². The van der Waals surface area contributed by atoms with E-state index in [4.69, 9.17) is 9.97 Å². The number of H-pyrrole nitrogens is 2. The number of aromatic nitrogens is 8. The summed E-state index contributed by atoms with van der Waals surface area (Å²) in [6.07, 6.45) is 0. The van der Waals surface area contributed by atoms with E-state index in [2.05, 4.69) is 29.9 Å².